The molecule has 2 aromatic rings. The Balaban J connectivity index is 2.21. The van der Waals surface area contributed by atoms with Gasteiger partial charge in [0.15, 0.2) is 0 Å². The number of hydrogen-bond acceptors (Lipinski definition) is 2. The van der Waals surface area contributed by atoms with Crippen molar-refractivity contribution in [3.63, 3.8) is 0 Å². The van der Waals surface area contributed by atoms with E-state index in [2.05, 4.69) is 11.8 Å². The normalized spacial score (nSPS) is 9.90. The molecule has 0 amide bonds. The van der Waals surface area contributed by atoms with Crippen molar-refractivity contribution in [2.24, 2.45) is 0 Å². The molecule has 2 aromatic carbocycles. The lowest BCUT2D eigenvalue weighted by molar-refractivity contribution is 0.297. The molecule has 0 aliphatic heterocycles. The van der Waals surface area contributed by atoms with Crippen LogP contribution in [0.25, 0.3) is 0 Å². The van der Waals surface area contributed by atoms with E-state index in [-0.39, 0.29) is 30.1 Å². The van der Waals surface area contributed by atoms with E-state index in [0.717, 1.165) is 24.3 Å². The predicted octanol–water partition coefficient (Wildman–Crippen LogP) is 3.03. The first-order valence-corrected chi connectivity index (χ1v) is 6.06. The molecule has 0 aliphatic carbocycles. The Bertz CT molecular complexity index is 702. The van der Waals surface area contributed by atoms with Crippen molar-refractivity contribution in [1.82, 2.24) is 0 Å². The zero-order chi connectivity index (χ0) is 15.2. The maximum absolute atomic E-state index is 13.5. The molecule has 0 unspecified atom stereocenters. The molecule has 108 valence electrons. The highest BCUT2D eigenvalue weighted by atomic mass is 19.1. The third-order valence-electron chi connectivity index (χ3n) is 2.63. The Morgan fingerprint density at radius 1 is 1.00 bits per heavy atom. The Morgan fingerprint density at radius 2 is 1.71 bits per heavy atom. The van der Waals surface area contributed by atoms with Gasteiger partial charge in [0.25, 0.3) is 0 Å². The molecule has 0 fully saturated rings. The van der Waals surface area contributed by atoms with Crippen LogP contribution < -0.4 is 4.74 Å². The van der Waals surface area contributed by atoms with Crippen molar-refractivity contribution >= 4 is 0 Å². The van der Waals surface area contributed by atoms with Crippen molar-refractivity contribution in [3.05, 3.63) is 65.0 Å². The highest BCUT2D eigenvalue weighted by molar-refractivity contribution is 5.46. The number of benzene rings is 2. The van der Waals surface area contributed by atoms with Gasteiger partial charge < -0.3 is 9.84 Å². The van der Waals surface area contributed by atoms with Crippen LogP contribution in [0.5, 0.6) is 5.75 Å². The number of halogens is 3. The van der Waals surface area contributed by atoms with Crippen molar-refractivity contribution in [2.75, 3.05) is 6.61 Å². The summed E-state index contributed by atoms with van der Waals surface area (Å²) in [5.41, 5.74) is 0.265. The van der Waals surface area contributed by atoms with E-state index in [1.54, 1.807) is 0 Å². The van der Waals surface area contributed by atoms with Gasteiger partial charge in [0.05, 0.1) is 5.56 Å². The summed E-state index contributed by atoms with van der Waals surface area (Å²) in [6.45, 7) is -0.600. The van der Waals surface area contributed by atoms with E-state index in [1.165, 1.54) is 12.1 Å². The van der Waals surface area contributed by atoms with Crippen LogP contribution in [0.1, 0.15) is 11.1 Å². The SMILES string of the molecule is OCC#Cc1cc(F)ccc1OCc1cc(F)ccc1F. The summed E-state index contributed by atoms with van der Waals surface area (Å²) in [6, 6.07) is 6.69. The molecule has 1 N–H and O–H groups in total. The van der Waals surface area contributed by atoms with Gasteiger partial charge in [0.1, 0.15) is 36.4 Å². The van der Waals surface area contributed by atoms with E-state index in [4.69, 9.17) is 9.84 Å². The van der Waals surface area contributed by atoms with Crippen molar-refractivity contribution < 1.29 is 23.0 Å². The van der Waals surface area contributed by atoms with Crippen LogP contribution in [0.2, 0.25) is 0 Å². The van der Waals surface area contributed by atoms with Crippen LogP contribution in [-0.4, -0.2) is 11.7 Å². The molecule has 0 aliphatic rings. The summed E-state index contributed by atoms with van der Waals surface area (Å²) in [6.07, 6.45) is 0. The van der Waals surface area contributed by atoms with Gasteiger partial charge in [-0.25, -0.2) is 13.2 Å². The topological polar surface area (TPSA) is 29.5 Å². The second kappa shape index (κ2) is 6.82. The Kier molecular flexibility index (Phi) is 4.85. The van der Waals surface area contributed by atoms with Crippen LogP contribution in [0.4, 0.5) is 13.2 Å². The standard InChI is InChI=1S/C16H11F3O2/c17-13-3-5-15(19)12(9-13)10-21-16-6-4-14(18)8-11(16)2-1-7-20/h3-6,8-9,20H,7,10H2. The number of aliphatic hydroxyl groups excluding tert-OH is 1. The third kappa shape index (κ3) is 4.01. The fourth-order valence-corrected chi connectivity index (χ4v) is 1.67. The highest BCUT2D eigenvalue weighted by Gasteiger charge is 2.08. The lowest BCUT2D eigenvalue weighted by Gasteiger charge is -2.09. The Labute approximate surface area is 119 Å². The first-order chi connectivity index (χ1) is 10.1. The quantitative estimate of drug-likeness (QED) is 0.881. The van der Waals surface area contributed by atoms with Crippen molar-refractivity contribution in [1.29, 1.82) is 0 Å². The molecule has 0 bridgehead atoms. The smallest absolute Gasteiger partial charge is 0.135 e. The van der Waals surface area contributed by atoms with E-state index in [9.17, 15) is 13.2 Å². The maximum atomic E-state index is 13.5. The molecule has 5 heteroatoms. The second-order valence-corrected chi connectivity index (χ2v) is 4.12. The van der Waals surface area contributed by atoms with Crippen LogP contribution in [0, 0.1) is 29.3 Å². The second-order valence-electron chi connectivity index (χ2n) is 4.12. The van der Waals surface area contributed by atoms with Crippen LogP contribution in [0.15, 0.2) is 36.4 Å². The molecule has 0 atom stereocenters. The summed E-state index contributed by atoms with van der Waals surface area (Å²) in [5.74, 6) is 3.45. The number of aliphatic hydroxyl groups is 1. The number of rotatable bonds is 3. The summed E-state index contributed by atoms with van der Waals surface area (Å²) in [4.78, 5) is 0. The van der Waals surface area contributed by atoms with Crippen LogP contribution in [-0.2, 0) is 6.61 Å². The molecule has 21 heavy (non-hydrogen) atoms. The van der Waals surface area contributed by atoms with Gasteiger partial charge in [-0.3, -0.25) is 0 Å². The minimum absolute atomic E-state index is 0.0420. The minimum atomic E-state index is -0.596. The molecule has 0 spiro atoms. The number of ether oxygens (including phenoxy) is 1. The third-order valence-corrected chi connectivity index (χ3v) is 2.63. The van der Waals surface area contributed by atoms with Crippen molar-refractivity contribution in [3.8, 4) is 17.6 Å². The van der Waals surface area contributed by atoms with Gasteiger partial charge in [-0.2, -0.15) is 0 Å². The van der Waals surface area contributed by atoms with Gasteiger partial charge in [-0.15, -0.1) is 0 Å². The average molecular weight is 292 g/mol. The van der Waals surface area contributed by atoms with E-state index in [0.29, 0.717) is 0 Å². The summed E-state index contributed by atoms with van der Waals surface area (Å²) in [7, 11) is 0. The summed E-state index contributed by atoms with van der Waals surface area (Å²) in [5, 5.41) is 8.66. The molecule has 0 heterocycles. The first kappa shape index (κ1) is 14.9. The molecule has 0 radical (unpaired) electrons. The van der Waals surface area contributed by atoms with Gasteiger partial charge in [0, 0.05) is 5.56 Å². The molecule has 0 saturated carbocycles. The van der Waals surface area contributed by atoms with Crippen molar-refractivity contribution in [2.45, 2.75) is 6.61 Å². The average Bonchev–Trinajstić information content (AvgIpc) is 2.47. The fraction of sp³-hybridized carbons (Fsp3) is 0.125. The molecule has 0 aromatic heterocycles. The molecule has 0 saturated heterocycles. The first-order valence-electron chi connectivity index (χ1n) is 6.06. The largest absolute Gasteiger partial charge is 0.487 e. The maximum Gasteiger partial charge on any atom is 0.135 e. The molecule has 2 nitrogen and oxygen atoms in total. The Hall–Kier alpha value is -2.45. The zero-order valence-electron chi connectivity index (χ0n) is 10.9. The molecule has 2 rings (SSSR count). The zero-order valence-corrected chi connectivity index (χ0v) is 10.9. The minimum Gasteiger partial charge on any atom is -0.487 e. The van der Waals surface area contributed by atoms with Gasteiger partial charge in [-0.1, -0.05) is 11.8 Å². The van der Waals surface area contributed by atoms with Gasteiger partial charge >= 0.3 is 0 Å². The van der Waals surface area contributed by atoms with Gasteiger partial charge in [0.2, 0.25) is 0 Å². The monoisotopic (exact) mass is 292 g/mol. The number of hydrogen-bond donors (Lipinski definition) is 1. The summed E-state index contributed by atoms with van der Waals surface area (Å²) >= 11 is 0. The van der Waals surface area contributed by atoms with Crippen LogP contribution >= 0.6 is 0 Å². The lowest BCUT2D eigenvalue weighted by atomic mass is 10.2. The Morgan fingerprint density at radius 3 is 2.48 bits per heavy atom. The van der Waals surface area contributed by atoms with E-state index in [1.807, 2.05) is 0 Å². The fourth-order valence-electron chi connectivity index (χ4n) is 1.67. The molecular formula is C16H11F3O2. The van der Waals surface area contributed by atoms with E-state index < -0.39 is 17.5 Å². The highest BCUT2D eigenvalue weighted by Crippen LogP contribution is 2.21. The van der Waals surface area contributed by atoms with Gasteiger partial charge in [-0.05, 0) is 36.4 Å². The van der Waals surface area contributed by atoms with Crippen LogP contribution in [0.3, 0.4) is 0 Å². The lowest BCUT2D eigenvalue weighted by Crippen LogP contribution is -2.01. The molecular weight excluding hydrogens is 281 g/mol. The summed E-state index contributed by atoms with van der Waals surface area (Å²) < 4.78 is 45.0. The predicted molar refractivity (Wildman–Crippen MR) is 71.1 cm³/mol. The van der Waals surface area contributed by atoms with E-state index >= 15 is 0 Å².